The lowest BCUT2D eigenvalue weighted by Gasteiger charge is -2.16. The highest BCUT2D eigenvalue weighted by molar-refractivity contribution is 6.16. The Kier molecular flexibility index (Phi) is 7.48. The zero-order valence-corrected chi connectivity index (χ0v) is 30.3. The van der Waals surface area contributed by atoms with Gasteiger partial charge in [0.05, 0.1) is 11.0 Å². The van der Waals surface area contributed by atoms with Gasteiger partial charge in [-0.25, -0.2) is 4.98 Å². The van der Waals surface area contributed by atoms with E-state index in [-0.39, 0.29) is 0 Å². The predicted octanol–water partition coefficient (Wildman–Crippen LogP) is 11.3. The van der Waals surface area contributed by atoms with Gasteiger partial charge in [-0.2, -0.15) is 0 Å². The molecular weight excluding hydrogens is 687 g/mol. The van der Waals surface area contributed by atoms with Gasteiger partial charge >= 0.3 is 0 Å². The van der Waals surface area contributed by atoms with Crippen molar-refractivity contribution >= 4 is 55.7 Å². The quantitative estimate of drug-likeness (QED) is 0.171. The van der Waals surface area contributed by atoms with Crippen molar-refractivity contribution in [1.29, 1.82) is 0 Å². The zero-order valence-electron chi connectivity index (χ0n) is 30.3. The van der Waals surface area contributed by atoms with E-state index in [2.05, 4.69) is 163 Å². The van der Waals surface area contributed by atoms with E-state index in [1.165, 1.54) is 11.1 Å². The maximum Gasteiger partial charge on any atom is 0.148 e. The summed E-state index contributed by atoms with van der Waals surface area (Å²) < 4.78 is 4.67. The first-order valence-electron chi connectivity index (χ1n) is 18.8. The molecule has 0 amide bonds. The molecule has 7 heterocycles. The Morgan fingerprint density at radius 3 is 1.32 bits per heavy atom. The summed E-state index contributed by atoms with van der Waals surface area (Å²) in [6.45, 7) is 0.783. The second kappa shape index (κ2) is 13.1. The Bertz CT molecular complexity index is 3120. The van der Waals surface area contributed by atoms with Crippen LogP contribution in [0, 0.1) is 0 Å². The second-order valence-electron chi connectivity index (χ2n) is 14.2. The Hall–Kier alpha value is -7.51. The lowest BCUT2D eigenvalue weighted by molar-refractivity contribution is 1.02. The van der Waals surface area contributed by atoms with Crippen LogP contribution in [0.3, 0.4) is 0 Å². The summed E-state index contributed by atoms with van der Waals surface area (Å²) in [4.78, 5) is 23.1. The topological polar surface area (TPSA) is 73.8 Å². The molecule has 1 aliphatic heterocycles. The van der Waals surface area contributed by atoms with E-state index >= 15 is 0 Å². The smallest absolute Gasteiger partial charge is 0.148 e. The van der Waals surface area contributed by atoms with Crippen LogP contribution >= 0.6 is 0 Å². The van der Waals surface area contributed by atoms with Crippen LogP contribution < -0.4 is 0 Å². The second-order valence-corrected chi connectivity index (χ2v) is 14.2. The lowest BCUT2D eigenvalue weighted by Crippen LogP contribution is -2.01. The maximum atomic E-state index is 5.71. The molecule has 11 rings (SSSR count). The number of rotatable bonds is 6. The molecule has 56 heavy (non-hydrogen) atoms. The van der Waals surface area contributed by atoms with Crippen LogP contribution in [0.4, 0.5) is 0 Å². The van der Waals surface area contributed by atoms with E-state index in [1.807, 2.05) is 43.4 Å². The molecule has 1 aliphatic rings. The molecule has 0 fully saturated rings. The number of allylic oxidation sites excluding steroid dienone is 1. The van der Waals surface area contributed by atoms with Gasteiger partial charge < -0.3 is 0 Å². The van der Waals surface area contributed by atoms with Crippen LogP contribution in [0.2, 0.25) is 0 Å². The van der Waals surface area contributed by atoms with Gasteiger partial charge in [0.15, 0.2) is 0 Å². The van der Waals surface area contributed by atoms with Crippen molar-refractivity contribution in [1.82, 2.24) is 29.1 Å². The first kappa shape index (κ1) is 32.0. The summed E-state index contributed by atoms with van der Waals surface area (Å²) in [5.41, 5.74) is 15.2. The highest BCUT2D eigenvalue weighted by Gasteiger charge is 2.21. The van der Waals surface area contributed by atoms with Gasteiger partial charge in [-0.05, 0) is 148 Å². The number of aliphatic imine (C=N–C) groups is 1. The monoisotopic (exact) mass is 719 g/mol. The normalized spacial score (nSPS) is 12.9. The number of hydrogen-bond acceptors (Lipinski definition) is 5. The van der Waals surface area contributed by atoms with Crippen molar-refractivity contribution in [2.45, 2.75) is 6.42 Å². The minimum absolute atomic E-state index is 0.783. The molecule has 4 aromatic carbocycles. The Balaban J connectivity index is 1.22. The number of hydrogen-bond donors (Lipinski definition) is 0. The minimum atomic E-state index is 0.783. The molecule has 0 unspecified atom stereocenters. The SMILES string of the molecule is C1=NCCC(c2cc(-c3ccncc3)cc(-n3c4ccccc4c4cc5c6ccccc6n(-c6cc(-c7ccncc7)cc(-c7ccncc7)c6)c5nc43)c2)=C1. The molecule has 0 N–H and O–H groups in total. The van der Waals surface area contributed by atoms with Crippen LogP contribution in [0.15, 0.2) is 176 Å². The van der Waals surface area contributed by atoms with E-state index in [0.717, 1.165) is 102 Å². The third-order valence-electron chi connectivity index (χ3n) is 10.9. The van der Waals surface area contributed by atoms with Crippen molar-refractivity contribution in [3.63, 3.8) is 0 Å². The molecule has 6 aromatic heterocycles. The summed E-state index contributed by atoms with van der Waals surface area (Å²) in [6.07, 6.45) is 16.1. The summed E-state index contributed by atoms with van der Waals surface area (Å²) in [7, 11) is 0. The first-order valence-corrected chi connectivity index (χ1v) is 18.8. The summed E-state index contributed by atoms with van der Waals surface area (Å²) in [5, 5.41) is 4.53. The van der Waals surface area contributed by atoms with Crippen molar-refractivity contribution < 1.29 is 0 Å². The van der Waals surface area contributed by atoms with Crippen molar-refractivity contribution in [3.05, 3.63) is 176 Å². The highest BCUT2D eigenvalue weighted by atomic mass is 15.1. The summed E-state index contributed by atoms with van der Waals surface area (Å²) in [5.74, 6) is 0. The third kappa shape index (κ3) is 5.32. The first-order chi connectivity index (χ1) is 27.8. The Morgan fingerprint density at radius 1 is 0.411 bits per heavy atom. The van der Waals surface area contributed by atoms with Crippen molar-refractivity contribution in [2.24, 2.45) is 4.99 Å². The van der Waals surface area contributed by atoms with E-state index in [0.29, 0.717) is 0 Å². The van der Waals surface area contributed by atoms with Crippen LogP contribution in [0.1, 0.15) is 12.0 Å². The van der Waals surface area contributed by atoms with E-state index in [9.17, 15) is 0 Å². The number of nitrogens with zero attached hydrogens (tertiary/aromatic N) is 7. The number of benzene rings is 4. The Morgan fingerprint density at radius 2 is 0.857 bits per heavy atom. The number of dihydropyridines is 1. The molecule has 7 heteroatoms. The molecule has 0 spiro atoms. The van der Waals surface area contributed by atoms with Gasteiger partial charge in [-0.15, -0.1) is 0 Å². The summed E-state index contributed by atoms with van der Waals surface area (Å²) in [6, 6.07) is 45.7. The number of aromatic nitrogens is 6. The van der Waals surface area contributed by atoms with Crippen LogP contribution in [0.5, 0.6) is 0 Å². The van der Waals surface area contributed by atoms with Gasteiger partial charge in [0, 0.05) is 82.9 Å². The molecule has 0 bridgehead atoms. The minimum Gasteiger partial charge on any atom is -0.294 e. The molecule has 0 saturated heterocycles. The standard InChI is InChI=1S/C49H33N7/c1-3-7-46-42(5-1)44-31-45-43-6-2-4-8-47(43)56(41-29-38(34-13-21-52-22-14-34)26-39(30-41)35-15-23-53-24-16-35)49(45)54-48(44)55(46)40-27-36(32-9-17-50-18-10-32)25-37(28-40)33-11-19-51-20-12-33/h1-15,17-23,25-31H,16,24H2. The largest absolute Gasteiger partial charge is 0.294 e. The van der Waals surface area contributed by atoms with E-state index in [4.69, 9.17) is 4.98 Å². The van der Waals surface area contributed by atoms with E-state index in [1.54, 1.807) is 0 Å². The van der Waals surface area contributed by atoms with Gasteiger partial charge in [0.2, 0.25) is 0 Å². The van der Waals surface area contributed by atoms with Crippen LogP contribution in [-0.4, -0.2) is 41.8 Å². The molecule has 0 atom stereocenters. The molecule has 10 aromatic rings. The molecule has 0 saturated carbocycles. The van der Waals surface area contributed by atoms with Crippen LogP contribution in [-0.2, 0) is 0 Å². The van der Waals surface area contributed by atoms with E-state index < -0.39 is 0 Å². The molecule has 0 aliphatic carbocycles. The predicted molar refractivity (Wildman–Crippen MR) is 229 cm³/mol. The fourth-order valence-electron chi connectivity index (χ4n) is 8.30. The average molecular weight is 720 g/mol. The summed E-state index contributed by atoms with van der Waals surface area (Å²) >= 11 is 0. The molecular formula is C49H33N7. The van der Waals surface area contributed by atoms with Gasteiger partial charge in [-0.3, -0.25) is 29.1 Å². The van der Waals surface area contributed by atoms with Crippen LogP contribution in [0.25, 0.3) is 94.2 Å². The van der Waals surface area contributed by atoms with Gasteiger partial charge in [0.1, 0.15) is 11.3 Å². The molecule has 7 nitrogen and oxygen atoms in total. The van der Waals surface area contributed by atoms with Crippen molar-refractivity contribution in [3.8, 4) is 44.8 Å². The molecule has 0 radical (unpaired) electrons. The fourth-order valence-corrected chi connectivity index (χ4v) is 8.30. The van der Waals surface area contributed by atoms with Gasteiger partial charge in [-0.1, -0.05) is 36.4 Å². The zero-order chi connectivity index (χ0) is 37.0. The maximum absolute atomic E-state index is 5.71. The number of pyridine rings is 4. The molecule has 264 valence electrons. The van der Waals surface area contributed by atoms with Gasteiger partial charge in [0.25, 0.3) is 0 Å². The van der Waals surface area contributed by atoms with Crippen molar-refractivity contribution in [2.75, 3.05) is 6.54 Å². The Labute approximate surface area is 322 Å². The third-order valence-corrected chi connectivity index (χ3v) is 10.9. The lowest BCUT2D eigenvalue weighted by atomic mass is 9.96. The number of para-hydroxylation sites is 2. The highest BCUT2D eigenvalue weighted by Crippen LogP contribution is 2.40. The fraction of sp³-hybridized carbons (Fsp3) is 0.0408. The number of fused-ring (bicyclic) bond motifs is 6. The average Bonchev–Trinajstić information content (AvgIpc) is 3.78.